The summed E-state index contributed by atoms with van der Waals surface area (Å²) in [6.07, 6.45) is 0.146. The summed E-state index contributed by atoms with van der Waals surface area (Å²) in [6.45, 7) is 3.57. The molecule has 1 aromatic carbocycles. The molecule has 1 rings (SSSR count). The van der Waals surface area contributed by atoms with Crippen LogP contribution in [0.4, 0.5) is 15.8 Å². The average molecular weight is 240 g/mol. The second-order valence-corrected chi connectivity index (χ2v) is 4.43. The van der Waals surface area contributed by atoms with Crippen LogP contribution in [0, 0.1) is 5.82 Å². The number of halogens is 1. The maximum absolute atomic E-state index is 13.4. The SMILES string of the molecule is COC(C)(C)CC(=O)Nc1ccc(N)cc1F. The monoisotopic (exact) mass is 240 g/mol. The van der Waals surface area contributed by atoms with Gasteiger partial charge in [-0.05, 0) is 32.0 Å². The number of benzene rings is 1. The minimum atomic E-state index is -0.575. The molecule has 0 radical (unpaired) electrons. The van der Waals surface area contributed by atoms with E-state index in [2.05, 4.69) is 5.32 Å². The number of anilines is 2. The highest BCUT2D eigenvalue weighted by Gasteiger charge is 2.21. The molecular weight excluding hydrogens is 223 g/mol. The first-order valence-corrected chi connectivity index (χ1v) is 5.24. The molecular formula is C12H17FN2O2. The number of carbonyl (C=O) groups is 1. The van der Waals surface area contributed by atoms with Gasteiger partial charge in [0.2, 0.25) is 5.91 Å². The van der Waals surface area contributed by atoms with E-state index in [1.165, 1.54) is 19.2 Å². The van der Waals surface area contributed by atoms with Crippen molar-refractivity contribution in [2.75, 3.05) is 18.2 Å². The topological polar surface area (TPSA) is 64.3 Å². The number of hydrogen-bond acceptors (Lipinski definition) is 3. The van der Waals surface area contributed by atoms with E-state index in [4.69, 9.17) is 10.5 Å². The number of nitrogens with one attached hydrogen (secondary N) is 1. The standard InChI is InChI=1S/C12H17FN2O2/c1-12(2,17-3)7-11(16)15-10-5-4-8(14)6-9(10)13/h4-6H,7,14H2,1-3H3,(H,15,16). The lowest BCUT2D eigenvalue weighted by Gasteiger charge is -2.22. The van der Waals surface area contributed by atoms with Gasteiger partial charge in [0.25, 0.3) is 0 Å². The van der Waals surface area contributed by atoms with Gasteiger partial charge in [0.15, 0.2) is 0 Å². The third-order valence-electron chi connectivity index (χ3n) is 2.41. The lowest BCUT2D eigenvalue weighted by molar-refractivity contribution is -0.121. The molecule has 0 aliphatic carbocycles. The molecule has 0 aliphatic rings. The molecule has 0 spiro atoms. The smallest absolute Gasteiger partial charge is 0.227 e. The fourth-order valence-electron chi connectivity index (χ4n) is 1.29. The largest absolute Gasteiger partial charge is 0.399 e. The van der Waals surface area contributed by atoms with Crippen LogP contribution in [0.2, 0.25) is 0 Å². The zero-order valence-electron chi connectivity index (χ0n) is 10.2. The van der Waals surface area contributed by atoms with E-state index in [0.29, 0.717) is 5.69 Å². The molecule has 3 N–H and O–H groups in total. The number of methoxy groups -OCH3 is 1. The van der Waals surface area contributed by atoms with Gasteiger partial charge >= 0.3 is 0 Å². The van der Waals surface area contributed by atoms with Gasteiger partial charge in [0.1, 0.15) is 5.82 Å². The van der Waals surface area contributed by atoms with Crippen molar-refractivity contribution in [3.8, 4) is 0 Å². The fourth-order valence-corrected chi connectivity index (χ4v) is 1.29. The third-order valence-corrected chi connectivity index (χ3v) is 2.41. The molecule has 0 saturated carbocycles. The van der Waals surface area contributed by atoms with Crippen LogP contribution in [0.15, 0.2) is 18.2 Å². The van der Waals surface area contributed by atoms with E-state index < -0.39 is 11.4 Å². The molecule has 0 aromatic heterocycles. The van der Waals surface area contributed by atoms with E-state index in [9.17, 15) is 9.18 Å². The van der Waals surface area contributed by atoms with E-state index in [0.717, 1.165) is 6.07 Å². The molecule has 0 heterocycles. The zero-order chi connectivity index (χ0) is 13.1. The van der Waals surface area contributed by atoms with Gasteiger partial charge in [-0.1, -0.05) is 0 Å². The van der Waals surface area contributed by atoms with Crippen molar-refractivity contribution < 1.29 is 13.9 Å². The maximum Gasteiger partial charge on any atom is 0.227 e. The maximum atomic E-state index is 13.4. The number of hydrogen-bond donors (Lipinski definition) is 2. The minimum Gasteiger partial charge on any atom is -0.399 e. The summed E-state index contributed by atoms with van der Waals surface area (Å²) < 4.78 is 18.5. The van der Waals surface area contributed by atoms with Crippen molar-refractivity contribution in [1.29, 1.82) is 0 Å². The molecule has 94 valence electrons. The Morgan fingerprint density at radius 3 is 2.71 bits per heavy atom. The van der Waals surface area contributed by atoms with Gasteiger partial charge in [-0.15, -0.1) is 0 Å². The van der Waals surface area contributed by atoms with Gasteiger partial charge in [0.05, 0.1) is 17.7 Å². The second kappa shape index (κ2) is 5.14. The van der Waals surface area contributed by atoms with Crippen molar-refractivity contribution in [3.05, 3.63) is 24.0 Å². The van der Waals surface area contributed by atoms with E-state index in [1.807, 2.05) is 0 Å². The quantitative estimate of drug-likeness (QED) is 0.793. The molecule has 17 heavy (non-hydrogen) atoms. The van der Waals surface area contributed by atoms with Crippen molar-refractivity contribution >= 4 is 17.3 Å². The van der Waals surface area contributed by atoms with Crippen LogP contribution in [0.5, 0.6) is 0 Å². The summed E-state index contributed by atoms with van der Waals surface area (Å²) in [4.78, 5) is 11.6. The molecule has 0 bridgehead atoms. The molecule has 1 amide bonds. The van der Waals surface area contributed by atoms with Crippen molar-refractivity contribution in [2.45, 2.75) is 25.9 Å². The first kappa shape index (κ1) is 13.4. The van der Waals surface area contributed by atoms with Gasteiger partial charge in [-0.25, -0.2) is 4.39 Å². The Hall–Kier alpha value is -1.62. The normalized spacial score (nSPS) is 11.3. The van der Waals surface area contributed by atoms with Crippen LogP contribution in [0.3, 0.4) is 0 Å². The molecule has 5 heteroatoms. The molecule has 0 aliphatic heterocycles. The number of carbonyl (C=O) groups excluding carboxylic acids is 1. The fraction of sp³-hybridized carbons (Fsp3) is 0.417. The summed E-state index contributed by atoms with van der Waals surface area (Å²) in [7, 11) is 1.52. The van der Waals surface area contributed by atoms with Crippen LogP contribution in [0.25, 0.3) is 0 Å². The van der Waals surface area contributed by atoms with Gasteiger partial charge in [-0.2, -0.15) is 0 Å². The van der Waals surface area contributed by atoms with Crippen molar-refractivity contribution in [3.63, 3.8) is 0 Å². The summed E-state index contributed by atoms with van der Waals surface area (Å²) in [5.74, 6) is -0.853. The molecule has 4 nitrogen and oxygen atoms in total. The molecule has 0 fully saturated rings. The van der Waals surface area contributed by atoms with Gasteiger partial charge in [-0.3, -0.25) is 4.79 Å². The number of amides is 1. The molecule has 0 unspecified atom stereocenters. The van der Waals surface area contributed by atoms with Gasteiger partial charge < -0.3 is 15.8 Å². The Labute approximate surface area is 100.0 Å². The summed E-state index contributed by atoms with van der Waals surface area (Å²) in [5, 5.41) is 2.48. The predicted molar refractivity (Wildman–Crippen MR) is 65.1 cm³/mol. The molecule has 0 saturated heterocycles. The number of ether oxygens (including phenoxy) is 1. The lowest BCUT2D eigenvalue weighted by Crippen LogP contribution is -2.29. The first-order valence-electron chi connectivity index (χ1n) is 5.24. The van der Waals surface area contributed by atoms with Crippen molar-refractivity contribution in [1.82, 2.24) is 0 Å². The van der Waals surface area contributed by atoms with Crippen LogP contribution < -0.4 is 11.1 Å². The highest BCUT2D eigenvalue weighted by Crippen LogP contribution is 2.19. The number of nitrogen functional groups attached to an aromatic ring is 1. The predicted octanol–water partition coefficient (Wildman–Crippen LogP) is 2.16. The molecule has 1 aromatic rings. The van der Waals surface area contributed by atoms with Crippen LogP contribution >= 0.6 is 0 Å². The highest BCUT2D eigenvalue weighted by molar-refractivity contribution is 5.91. The van der Waals surface area contributed by atoms with E-state index >= 15 is 0 Å². The third kappa shape index (κ3) is 4.03. The lowest BCUT2D eigenvalue weighted by atomic mass is 10.0. The van der Waals surface area contributed by atoms with Crippen LogP contribution in [-0.4, -0.2) is 18.6 Å². The highest BCUT2D eigenvalue weighted by atomic mass is 19.1. The van der Waals surface area contributed by atoms with Crippen LogP contribution in [-0.2, 0) is 9.53 Å². The zero-order valence-corrected chi connectivity index (χ0v) is 10.2. The summed E-state index contributed by atoms with van der Waals surface area (Å²) in [6, 6.07) is 4.12. The Balaban J connectivity index is 2.69. The summed E-state index contributed by atoms with van der Waals surface area (Å²) >= 11 is 0. The Morgan fingerprint density at radius 2 is 2.18 bits per heavy atom. The Morgan fingerprint density at radius 1 is 1.53 bits per heavy atom. The van der Waals surface area contributed by atoms with E-state index in [1.54, 1.807) is 13.8 Å². The number of rotatable bonds is 4. The first-order chi connectivity index (χ1) is 7.84. The Bertz CT molecular complexity index is 419. The number of nitrogens with two attached hydrogens (primary N) is 1. The van der Waals surface area contributed by atoms with Gasteiger partial charge in [0, 0.05) is 12.8 Å². The van der Waals surface area contributed by atoms with Crippen molar-refractivity contribution in [2.24, 2.45) is 0 Å². The minimum absolute atomic E-state index is 0.121. The Kier molecular flexibility index (Phi) is 4.07. The van der Waals surface area contributed by atoms with Crippen LogP contribution in [0.1, 0.15) is 20.3 Å². The average Bonchev–Trinajstić information content (AvgIpc) is 2.21. The van der Waals surface area contributed by atoms with E-state index in [-0.39, 0.29) is 18.0 Å². The second-order valence-electron chi connectivity index (χ2n) is 4.43. The molecule has 0 atom stereocenters. The summed E-state index contributed by atoms with van der Waals surface area (Å²) in [5.41, 5.74) is 5.27.